The molecular formula is C14H18N2O2. The number of H-pyrrole nitrogens is 1. The summed E-state index contributed by atoms with van der Waals surface area (Å²) in [5.41, 5.74) is 1.79. The minimum Gasteiger partial charge on any atom is -0.392 e. The van der Waals surface area contributed by atoms with Crippen LogP contribution in [-0.2, 0) is 4.79 Å². The molecule has 1 amide bonds. The van der Waals surface area contributed by atoms with Crippen LogP contribution in [0.4, 0.5) is 5.69 Å². The molecule has 0 aliphatic heterocycles. The number of aromatic nitrogens is 1. The van der Waals surface area contributed by atoms with Gasteiger partial charge >= 0.3 is 0 Å². The first-order valence-corrected chi connectivity index (χ1v) is 6.11. The smallest absolute Gasteiger partial charge is 0.226 e. The molecule has 0 aliphatic carbocycles. The molecule has 3 N–H and O–H groups in total. The molecule has 0 saturated heterocycles. The summed E-state index contributed by atoms with van der Waals surface area (Å²) in [6.07, 6.45) is 1.39. The van der Waals surface area contributed by atoms with Gasteiger partial charge in [0, 0.05) is 22.8 Å². The Kier molecular flexibility index (Phi) is 3.67. The summed E-state index contributed by atoms with van der Waals surface area (Å²) in [6.45, 7) is 3.79. The van der Waals surface area contributed by atoms with Gasteiger partial charge in [-0.25, -0.2) is 0 Å². The van der Waals surface area contributed by atoms with Crippen LogP contribution in [-0.4, -0.2) is 22.1 Å². The van der Waals surface area contributed by atoms with Crippen molar-refractivity contribution in [2.75, 3.05) is 5.32 Å². The number of rotatable bonds is 4. The molecule has 1 aromatic carbocycles. The van der Waals surface area contributed by atoms with E-state index in [2.05, 4.69) is 10.3 Å². The van der Waals surface area contributed by atoms with Gasteiger partial charge in [-0.2, -0.15) is 0 Å². The summed E-state index contributed by atoms with van der Waals surface area (Å²) in [5.74, 6) is -0.0750. The molecule has 96 valence electrons. The highest BCUT2D eigenvalue weighted by Crippen LogP contribution is 2.18. The lowest BCUT2D eigenvalue weighted by Crippen LogP contribution is -2.23. The Bertz CT molecular complexity index is 545. The molecule has 0 saturated carbocycles. The van der Waals surface area contributed by atoms with Gasteiger partial charge in [-0.15, -0.1) is 0 Å². The Labute approximate surface area is 106 Å². The third-order valence-corrected chi connectivity index (χ3v) is 3.00. The van der Waals surface area contributed by atoms with Gasteiger partial charge < -0.3 is 15.4 Å². The zero-order valence-electron chi connectivity index (χ0n) is 10.6. The van der Waals surface area contributed by atoms with Gasteiger partial charge in [-0.1, -0.05) is 13.8 Å². The number of benzene rings is 1. The van der Waals surface area contributed by atoms with Gasteiger partial charge in [-0.3, -0.25) is 4.79 Å². The zero-order chi connectivity index (χ0) is 13.1. The lowest BCUT2D eigenvalue weighted by Gasteiger charge is -2.14. The summed E-state index contributed by atoms with van der Waals surface area (Å²) in [5, 5.41) is 13.5. The van der Waals surface area contributed by atoms with Crippen LogP contribution >= 0.6 is 0 Å². The van der Waals surface area contributed by atoms with E-state index in [-0.39, 0.29) is 18.2 Å². The minimum absolute atomic E-state index is 0.0860. The molecule has 2 aromatic rings. The Morgan fingerprint density at radius 1 is 1.39 bits per heavy atom. The van der Waals surface area contributed by atoms with Crippen LogP contribution in [0.5, 0.6) is 0 Å². The summed E-state index contributed by atoms with van der Waals surface area (Å²) >= 11 is 0. The van der Waals surface area contributed by atoms with Gasteiger partial charge in [0.25, 0.3) is 0 Å². The maximum Gasteiger partial charge on any atom is 0.226 e. The first-order valence-electron chi connectivity index (χ1n) is 6.11. The molecule has 1 unspecified atom stereocenters. The van der Waals surface area contributed by atoms with Crippen molar-refractivity contribution in [2.45, 2.75) is 26.4 Å². The summed E-state index contributed by atoms with van der Waals surface area (Å²) in [7, 11) is 0. The molecule has 18 heavy (non-hydrogen) atoms. The molecule has 0 bridgehead atoms. The molecule has 1 heterocycles. The summed E-state index contributed by atoms with van der Waals surface area (Å²) < 4.78 is 0. The average molecular weight is 246 g/mol. The third-order valence-electron chi connectivity index (χ3n) is 3.00. The molecule has 0 spiro atoms. The number of aliphatic hydroxyl groups is 1. The van der Waals surface area contributed by atoms with Gasteiger partial charge in [-0.05, 0) is 30.2 Å². The first kappa shape index (κ1) is 12.6. The Morgan fingerprint density at radius 2 is 2.17 bits per heavy atom. The highest BCUT2D eigenvalue weighted by Gasteiger charge is 2.14. The maximum absolute atomic E-state index is 11.7. The molecular weight excluding hydrogens is 228 g/mol. The molecule has 0 aliphatic rings. The predicted octanol–water partition coefficient (Wildman–Crippen LogP) is 2.51. The van der Waals surface area contributed by atoms with Crippen molar-refractivity contribution in [3.05, 3.63) is 30.5 Å². The molecule has 4 nitrogen and oxygen atoms in total. The summed E-state index contributed by atoms with van der Waals surface area (Å²) in [6, 6.07) is 7.63. The third kappa shape index (κ3) is 2.90. The van der Waals surface area contributed by atoms with Gasteiger partial charge in [0.15, 0.2) is 0 Å². The number of fused-ring (bicyclic) bond motifs is 1. The molecule has 1 aromatic heterocycles. The first-order chi connectivity index (χ1) is 8.56. The molecule has 0 fully saturated rings. The van der Waals surface area contributed by atoms with E-state index in [1.165, 1.54) is 0 Å². The fourth-order valence-corrected chi connectivity index (χ4v) is 1.77. The van der Waals surface area contributed by atoms with Crippen LogP contribution in [0.15, 0.2) is 30.5 Å². The van der Waals surface area contributed by atoms with Crippen LogP contribution in [0.25, 0.3) is 10.9 Å². The summed E-state index contributed by atoms with van der Waals surface area (Å²) in [4.78, 5) is 14.8. The van der Waals surface area contributed by atoms with Gasteiger partial charge in [0.05, 0.1) is 12.5 Å². The van der Waals surface area contributed by atoms with Crippen LogP contribution in [0.3, 0.4) is 0 Å². The van der Waals surface area contributed by atoms with Crippen molar-refractivity contribution in [3.8, 4) is 0 Å². The fraction of sp³-hybridized carbons (Fsp3) is 0.357. The van der Waals surface area contributed by atoms with Crippen LogP contribution in [0.1, 0.15) is 20.3 Å². The second-order valence-electron chi connectivity index (χ2n) is 4.84. The lowest BCUT2D eigenvalue weighted by molar-refractivity contribution is -0.118. The van der Waals surface area contributed by atoms with Gasteiger partial charge in [0.2, 0.25) is 5.91 Å². The second-order valence-corrected chi connectivity index (χ2v) is 4.84. The van der Waals surface area contributed by atoms with Crippen molar-refractivity contribution in [2.24, 2.45) is 5.92 Å². The number of nitrogens with one attached hydrogen (secondary N) is 2. The second kappa shape index (κ2) is 5.23. The SMILES string of the molecule is CC(C)C(O)CC(=O)Nc1ccc2[nH]ccc2c1. The monoisotopic (exact) mass is 246 g/mol. The van der Waals surface area contributed by atoms with Crippen LogP contribution < -0.4 is 5.32 Å². The predicted molar refractivity (Wildman–Crippen MR) is 72.4 cm³/mol. The number of hydrogen-bond acceptors (Lipinski definition) is 2. The van der Waals surface area contributed by atoms with E-state index >= 15 is 0 Å². The number of carbonyl (C=O) groups excluding carboxylic acids is 1. The zero-order valence-corrected chi connectivity index (χ0v) is 10.6. The van der Waals surface area contributed by atoms with E-state index in [4.69, 9.17) is 0 Å². The van der Waals surface area contributed by atoms with Crippen molar-refractivity contribution < 1.29 is 9.90 Å². The van der Waals surface area contributed by atoms with Crippen molar-refractivity contribution in [1.29, 1.82) is 0 Å². The highest BCUT2D eigenvalue weighted by atomic mass is 16.3. The van der Waals surface area contributed by atoms with E-state index in [0.717, 1.165) is 16.6 Å². The number of aromatic amines is 1. The number of aliphatic hydroxyl groups excluding tert-OH is 1. The van der Waals surface area contributed by atoms with Crippen molar-refractivity contribution in [3.63, 3.8) is 0 Å². The average Bonchev–Trinajstić information content (AvgIpc) is 2.75. The van der Waals surface area contributed by atoms with E-state index in [0.29, 0.717) is 0 Å². The van der Waals surface area contributed by atoms with E-state index in [1.807, 2.05) is 44.3 Å². The lowest BCUT2D eigenvalue weighted by atomic mass is 10.0. The largest absolute Gasteiger partial charge is 0.392 e. The van der Waals surface area contributed by atoms with E-state index in [9.17, 15) is 9.90 Å². The number of amides is 1. The Hall–Kier alpha value is -1.81. The van der Waals surface area contributed by atoms with E-state index in [1.54, 1.807) is 0 Å². The number of carbonyl (C=O) groups is 1. The molecule has 0 radical (unpaired) electrons. The number of anilines is 1. The van der Waals surface area contributed by atoms with Crippen LogP contribution in [0, 0.1) is 5.92 Å². The minimum atomic E-state index is -0.596. The standard InChI is InChI=1S/C14H18N2O2/c1-9(2)13(17)8-14(18)16-11-3-4-12-10(7-11)5-6-15-12/h3-7,9,13,15,17H,8H2,1-2H3,(H,16,18). The Balaban J connectivity index is 2.02. The maximum atomic E-state index is 11.7. The molecule has 2 rings (SSSR count). The normalized spacial score (nSPS) is 12.9. The Morgan fingerprint density at radius 3 is 2.89 bits per heavy atom. The van der Waals surface area contributed by atoms with E-state index < -0.39 is 6.10 Å². The topological polar surface area (TPSA) is 65.1 Å². The molecule has 1 atom stereocenters. The quantitative estimate of drug-likeness (QED) is 0.776. The fourth-order valence-electron chi connectivity index (χ4n) is 1.77. The number of hydrogen-bond donors (Lipinski definition) is 3. The van der Waals surface area contributed by atoms with Gasteiger partial charge in [0.1, 0.15) is 0 Å². The van der Waals surface area contributed by atoms with Crippen molar-refractivity contribution in [1.82, 2.24) is 4.98 Å². The van der Waals surface area contributed by atoms with Crippen LogP contribution in [0.2, 0.25) is 0 Å². The highest BCUT2D eigenvalue weighted by molar-refractivity contribution is 5.93. The molecule has 4 heteroatoms. The van der Waals surface area contributed by atoms with Crippen molar-refractivity contribution >= 4 is 22.5 Å².